The standard InChI is InChI=1S/C41H49N2/c1-5-40(3)34-25-16-24-33-32-21-13-14-26-35(32)43-36(27-42(39(43)38(33)34)41(40,4)6-2)37-30(28-17-9-7-10-18-28)22-15-23-31(37)29-19-11-8-12-20-29/h13-16,21-29H,5-12,17-20H2,1-4H3/q+1. The Hall–Kier alpha value is -3.13. The van der Waals surface area contributed by atoms with Crippen molar-refractivity contribution in [3.63, 3.8) is 0 Å². The number of aromatic nitrogens is 2. The second-order valence-electron chi connectivity index (χ2n) is 14.6. The zero-order valence-corrected chi connectivity index (χ0v) is 26.9. The number of hydrogen-bond donors (Lipinski definition) is 0. The molecule has 2 atom stereocenters. The highest BCUT2D eigenvalue weighted by Crippen LogP contribution is 2.52. The van der Waals surface area contributed by atoms with Gasteiger partial charge in [0.15, 0.2) is 5.69 Å². The van der Waals surface area contributed by atoms with Crippen molar-refractivity contribution in [3.8, 4) is 11.3 Å². The minimum atomic E-state index is -0.0280. The van der Waals surface area contributed by atoms with Crippen LogP contribution in [0.2, 0.25) is 0 Å². The molecule has 0 saturated heterocycles. The summed E-state index contributed by atoms with van der Waals surface area (Å²) >= 11 is 0. The van der Waals surface area contributed by atoms with Gasteiger partial charge in [-0.2, -0.15) is 4.40 Å². The smallest absolute Gasteiger partial charge is 0.223 e. The van der Waals surface area contributed by atoms with Crippen molar-refractivity contribution in [1.29, 1.82) is 0 Å². The second kappa shape index (κ2) is 10.2. The number of fused-ring (bicyclic) bond motifs is 3. The molecule has 222 valence electrons. The molecule has 2 aromatic heterocycles. The predicted molar refractivity (Wildman–Crippen MR) is 181 cm³/mol. The molecule has 0 amide bonds. The van der Waals surface area contributed by atoms with Gasteiger partial charge >= 0.3 is 0 Å². The number of rotatable bonds is 5. The van der Waals surface area contributed by atoms with Gasteiger partial charge < -0.3 is 0 Å². The van der Waals surface area contributed by atoms with Gasteiger partial charge in [0, 0.05) is 21.8 Å². The van der Waals surface area contributed by atoms with Crippen molar-refractivity contribution in [2.75, 3.05) is 0 Å². The Morgan fingerprint density at radius 2 is 1.30 bits per heavy atom. The zero-order valence-electron chi connectivity index (χ0n) is 26.9. The number of nitrogens with zero attached hydrogens (tertiary/aromatic N) is 2. The van der Waals surface area contributed by atoms with E-state index in [1.807, 2.05) is 0 Å². The Kier molecular flexibility index (Phi) is 6.51. The molecule has 3 aliphatic rings. The second-order valence-corrected chi connectivity index (χ2v) is 14.6. The minimum absolute atomic E-state index is 0.0280. The molecule has 3 aromatic carbocycles. The summed E-state index contributed by atoms with van der Waals surface area (Å²) in [5.74, 6) is 1.33. The highest BCUT2D eigenvalue weighted by atomic mass is 15.2. The molecule has 0 N–H and O–H groups in total. The summed E-state index contributed by atoms with van der Waals surface area (Å²) in [5, 5.41) is 4.26. The maximum atomic E-state index is 2.76. The molecule has 2 saturated carbocycles. The van der Waals surface area contributed by atoms with Gasteiger partial charge in [-0.25, -0.2) is 4.57 Å². The van der Waals surface area contributed by atoms with Gasteiger partial charge in [0.1, 0.15) is 17.3 Å². The lowest BCUT2D eigenvalue weighted by Crippen LogP contribution is -2.65. The molecule has 2 heteroatoms. The van der Waals surface area contributed by atoms with Crippen LogP contribution in [0.4, 0.5) is 0 Å². The number of benzene rings is 3. The van der Waals surface area contributed by atoms with Gasteiger partial charge in [-0.3, -0.25) is 0 Å². The van der Waals surface area contributed by atoms with Crippen molar-refractivity contribution >= 4 is 27.3 Å². The molecule has 2 aliphatic carbocycles. The summed E-state index contributed by atoms with van der Waals surface area (Å²) in [6.07, 6.45) is 18.4. The van der Waals surface area contributed by atoms with Gasteiger partial charge in [-0.1, -0.05) is 114 Å². The van der Waals surface area contributed by atoms with E-state index in [0.717, 1.165) is 12.8 Å². The van der Waals surface area contributed by atoms with Crippen LogP contribution in [0.5, 0.6) is 0 Å². The third kappa shape index (κ3) is 3.74. The van der Waals surface area contributed by atoms with Crippen LogP contribution in [0.25, 0.3) is 38.6 Å². The van der Waals surface area contributed by atoms with Gasteiger partial charge in [0.2, 0.25) is 0 Å². The van der Waals surface area contributed by atoms with Crippen molar-refractivity contribution in [3.05, 3.63) is 83.6 Å². The Balaban J connectivity index is 1.56. The van der Waals surface area contributed by atoms with Gasteiger partial charge in [-0.15, -0.1) is 0 Å². The highest BCUT2D eigenvalue weighted by Gasteiger charge is 2.54. The van der Waals surface area contributed by atoms with Crippen molar-refractivity contribution < 1.29 is 4.57 Å². The van der Waals surface area contributed by atoms with Gasteiger partial charge in [0.05, 0.1) is 5.39 Å². The molecule has 0 spiro atoms. The summed E-state index contributed by atoms with van der Waals surface area (Å²) in [5.41, 5.74) is 10.6. The van der Waals surface area contributed by atoms with Crippen LogP contribution in [0.1, 0.15) is 133 Å². The maximum absolute atomic E-state index is 2.76. The molecule has 3 heterocycles. The van der Waals surface area contributed by atoms with E-state index < -0.39 is 0 Å². The van der Waals surface area contributed by atoms with Gasteiger partial charge in [-0.05, 0) is 80.0 Å². The number of imidazole rings is 1. The molecule has 43 heavy (non-hydrogen) atoms. The number of pyridine rings is 1. The zero-order chi connectivity index (χ0) is 29.3. The third-order valence-corrected chi connectivity index (χ3v) is 12.8. The highest BCUT2D eigenvalue weighted by molar-refractivity contribution is 6.13. The Morgan fingerprint density at radius 3 is 1.93 bits per heavy atom. The van der Waals surface area contributed by atoms with Crippen LogP contribution in [-0.2, 0) is 11.0 Å². The van der Waals surface area contributed by atoms with E-state index in [4.69, 9.17) is 0 Å². The molecule has 5 aromatic rings. The van der Waals surface area contributed by atoms with Crippen LogP contribution < -0.4 is 4.57 Å². The summed E-state index contributed by atoms with van der Waals surface area (Å²) in [6.45, 7) is 9.92. The van der Waals surface area contributed by atoms with E-state index in [0.29, 0.717) is 11.8 Å². The average Bonchev–Trinajstić information content (AvgIpc) is 3.49. The van der Waals surface area contributed by atoms with Crippen LogP contribution in [-0.4, -0.2) is 4.40 Å². The normalized spacial score (nSPS) is 24.9. The summed E-state index contributed by atoms with van der Waals surface area (Å²) in [6, 6.07) is 23.8. The molecule has 1 aliphatic heterocycles. The van der Waals surface area contributed by atoms with Crippen LogP contribution in [0, 0.1) is 0 Å². The fourth-order valence-electron chi connectivity index (χ4n) is 9.95. The molecular formula is C41H49N2+. The van der Waals surface area contributed by atoms with Crippen LogP contribution in [0.15, 0.2) is 66.9 Å². The third-order valence-electron chi connectivity index (χ3n) is 12.8. The van der Waals surface area contributed by atoms with E-state index >= 15 is 0 Å². The van der Waals surface area contributed by atoms with Crippen LogP contribution in [0.3, 0.4) is 0 Å². The average molecular weight is 570 g/mol. The number of para-hydroxylation sites is 1. The first-order valence-corrected chi connectivity index (χ1v) is 17.6. The van der Waals surface area contributed by atoms with E-state index in [2.05, 4.69) is 104 Å². The van der Waals surface area contributed by atoms with Crippen molar-refractivity contribution in [1.82, 2.24) is 4.40 Å². The first-order valence-electron chi connectivity index (χ1n) is 17.6. The molecule has 0 radical (unpaired) electrons. The van der Waals surface area contributed by atoms with E-state index in [1.165, 1.54) is 103 Å². The monoisotopic (exact) mass is 569 g/mol. The Bertz CT molecular complexity index is 1810. The SMILES string of the molecule is CCC1(C)c2cccc3c4ccccc4n4c(-c5c(C6CCCCC6)cccc5C5CCCCC5)c[n+](c4c23)C1(C)CC. The topological polar surface area (TPSA) is 8.29 Å². The lowest BCUT2D eigenvalue weighted by Gasteiger charge is -2.46. The van der Waals surface area contributed by atoms with E-state index in [-0.39, 0.29) is 11.0 Å². The summed E-state index contributed by atoms with van der Waals surface area (Å²) < 4.78 is 5.48. The van der Waals surface area contributed by atoms with E-state index in [1.54, 1.807) is 16.7 Å². The van der Waals surface area contributed by atoms with Crippen molar-refractivity contribution in [2.24, 2.45) is 0 Å². The predicted octanol–water partition coefficient (Wildman–Crippen LogP) is 11.1. The van der Waals surface area contributed by atoms with Crippen LogP contribution >= 0.6 is 0 Å². The van der Waals surface area contributed by atoms with Crippen molar-refractivity contribution in [2.45, 2.75) is 128 Å². The molecule has 2 nitrogen and oxygen atoms in total. The maximum Gasteiger partial charge on any atom is 0.296 e. The summed E-state index contributed by atoms with van der Waals surface area (Å²) in [7, 11) is 0. The Labute approximate surface area is 258 Å². The molecule has 0 bridgehead atoms. The quantitative estimate of drug-likeness (QED) is 0.147. The lowest BCUT2D eigenvalue weighted by molar-refractivity contribution is -0.750. The fourth-order valence-corrected chi connectivity index (χ4v) is 9.95. The van der Waals surface area contributed by atoms with Gasteiger partial charge in [0.25, 0.3) is 5.65 Å². The molecule has 2 fully saturated rings. The fraction of sp³-hybridized carbons (Fsp3) is 0.488. The number of hydrogen-bond acceptors (Lipinski definition) is 0. The van der Waals surface area contributed by atoms with E-state index in [9.17, 15) is 0 Å². The summed E-state index contributed by atoms with van der Waals surface area (Å²) in [4.78, 5) is 0. The molecule has 8 rings (SSSR count). The first kappa shape index (κ1) is 27.4. The molecular weight excluding hydrogens is 520 g/mol. The lowest BCUT2D eigenvalue weighted by atomic mass is 9.62. The Morgan fingerprint density at radius 1 is 0.698 bits per heavy atom. The minimum Gasteiger partial charge on any atom is -0.223 e. The largest absolute Gasteiger partial charge is 0.296 e. The molecule has 2 unspecified atom stereocenters. The first-order chi connectivity index (χ1) is 21.0.